The maximum absolute atomic E-state index is 13.3. The van der Waals surface area contributed by atoms with E-state index in [2.05, 4.69) is 5.32 Å². The molecule has 3 rings (SSSR count). The number of anilines is 2. The van der Waals surface area contributed by atoms with Crippen LogP contribution in [0.4, 0.5) is 11.4 Å². The van der Waals surface area contributed by atoms with Crippen molar-refractivity contribution >= 4 is 50.5 Å². The van der Waals surface area contributed by atoms with Crippen LogP contribution < -0.4 is 14.4 Å². The van der Waals surface area contributed by atoms with Crippen LogP contribution in [0.15, 0.2) is 77.7 Å². The van der Waals surface area contributed by atoms with Gasteiger partial charge in [-0.05, 0) is 61.5 Å². The molecule has 0 aliphatic rings. The number of sulfonamides is 1. The summed E-state index contributed by atoms with van der Waals surface area (Å²) in [6.45, 7) is 1.92. The van der Waals surface area contributed by atoms with Crippen molar-refractivity contribution in [2.45, 2.75) is 11.8 Å². The lowest BCUT2D eigenvalue weighted by molar-refractivity contribution is -0.114. The van der Waals surface area contributed by atoms with Crippen molar-refractivity contribution in [1.82, 2.24) is 0 Å². The minimum absolute atomic E-state index is 0.0369. The molecular weight excluding hydrogens is 459 g/mol. The topological polar surface area (TPSA) is 75.7 Å². The number of carbonyl (C=O) groups is 1. The van der Waals surface area contributed by atoms with Gasteiger partial charge in [0.2, 0.25) is 5.91 Å². The average molecular weight is 479 g/mol. The summed E-state index contributed by atoms with van der Waals surface area (Å²) < 4.78 is 33.0. The summed E-state index contributed by atoms with van der Waals surface area (Å²) in [4.78, 5) is 12.8. The van der Waals surface area contributed by atoms with Gasteiger partial charge in [0.1, 0.15) is 12.3 Å². The Morgan fingerprint density at radius 2 is 1.68 bits per heavy atom. The van der Waals surface area contributed by atoms with E-state index in [1.165, 1.54) is 30.3 Å². The van der Waals surface area contributed by atoms with E-state index in [0.29, 0.717) is 23.1 Å². The molecule has 0 fully saturated rings. The van der Waals surface area contributed by atoms with Gasteiger partial charge in [-0.1, -0.05) is 41.4 Å². The molecule has 0 aromatic heterocycles. The average Bonchev–Trinajstić information content (AvgIpc) is 2.75. The molecule has 0 bridgehead atoms. The summed E-state index contributed by atoms with van der Waals surface area (Å²) in [5, 5.41) is 3.16. The van der Waals surface area contributed by atoms with Gasteiger partial charge in [-0.2, -0.15) is 0 Å². The molecule has 31 heavy (non-hydrogen) atoms. The predicted octanol–water partition coefficient (Wildman–Crippen LogP) is 5.23. The molecule has 0 radical (unpaired) electrons. The van der Waals surface area contributed by atoms with Gasteiger partial charge in [-0.25, -0.2) is 8.42 Å². The number of ether oxygens (including phenoxy) is 1. The minimum atomic E-state index is -4.07. The van der Waals surface area contributed by atoms with Gasteiger partial charge in [0.15, 0.2) is 0 Å². The van der Waals surface area contributed by atoms with E-state index >= 15 is 0 Å². The van der Waals surface area contributed by atoms with E-state index in [4.69, 9.17) is 27.9 Å². The number of nitrogens with zero attached hydrogens (tertiary/aromatic N) is 1. The fraction of sp³-hybridized carbons (Fsp3) is 0.136. The predicted molar refractivity (Wildman–Crippen MR) is 124 cm³/mol. The lowest BCUT2D eigenvalue weighted by atomic mass is 10.3. The Bertz CT molecular complexity index is 1150. The van der Waals surface area contributed by atoms with E-state index in [1.807, 2.05) is 6.92 Å². The summed E-state index contributed by atoms with van der Waals surface area (Å²) >= 11 is 12.2. The maximum Gasteiger partial charge on any atom is 0.264 e. The van der Waals surface area contributed by atoms with Crippen molar-refractivity contribution in [2.75, 3.05) is 22.8 Å². The summed E-state index contributed by atoms with van der Waals surface area (Å²) in [6.07, 6.45) is 0. The van der Waals surface area contributed by atoms with E-state index in [9.17, 15) is 13.2 Å². The van der Waals surface area contributed by atoms with Crippen molar-refractivity contribution in [3.05, 3.63) is 82.8 Å². The molecule has 9 heteroatoms. The van der Waals surface area contributed by atoms with Gasteiger partial charge in [0.25, 0.3) is 10.0 Å². The monoisotopic (exact) mass is 478 g/mol. The second-order valence-corrected chi connectivity index (χ2v) is 9.13. The second kappa shape index (κ2) is 10.0. The normalized spacial score (nSPS) is 11.1. The first kappa shape index (κ1) is 22.9. The molecule has 0 aliphatic carbocycles. The quantitative estimate of drug-likeness (QED) is 0.480. The van der Waals surface area contributed by atoms with Gasteiger partial charge in [0, 0.05) is 10.7 Å². The fourth-order valence-corrected chi connectivity index (χ4v) is 4.86. The highest BCUT2D eigenvalue weighted by Gasteiger charge is 2.28. The molecule has 0 atom stereocenters. The van der Waals surface area contributed by atoms with Crippen LogP contribution in [0.3, 0.4) is 0 Å². The Labute approximate surface area is 191 Å². The Morgan fingerprint density at radius 1 is 1.00 bits per heavy atom. The first-order valence-corrected chi connectivity index (χ1v) is 11.6. The minimum Gasteiger partial charge on any atom is -0.494 e. The third-order valence-corrected chi connectivity index (χ3v) is 6.56. The van der Waals surface area contributed by atoms with Gasteiger partial charge < -0.3 is 10.1 Å². The van der Waals surface area contributed by atoms with Crippen LogP contribution in [0.1, 0.15) is 6.92 Å². The number of hydrogen-bond acceptors (Lipinski definition) is 4. The Balaban J connectivity index is 1.90. The van der Waals surface area contributed by atoms with Gasteiger partial charge >= 0.3 is 0 Å². The number of halogens is 2. The molecule has 0 aliphatic heterocycles. The van der Waals surface area contributed by atoms with Gasteiger partial charge in [-0.15, -0.1) is 0 Å². The van der Waals surface area contributed by atoms with Crippen molar-refractivity contribution < 1.29 is 17.9 Å². The number of benzene rings is 3. The zero-order valence-electron chi connectivity index (χ0n) is 16.6. The summed E-state index contributed by atoms with van der Waals surface area (Å²) in [6, 6.07) is 19.0. The zero-order chi connectivity index (χ0) is 22.4. The molecule has 0 saturated carbocycles. The fourth-order valence-electron chi connectivity index (χ4n) is 2.83. The van der Waals surface area contributed by atoms with Crippen molar-refractivity contribution in [3.8, 4) is 5.75 Å². The number of amides is 1. The van der Waals surface area contributed by atoms with Crippen LogP contribution in [0.25, 0.3) is 0 Å². The molecule has 0 unspecified atom stereocenters. The molecule has 3 aromatic rings. The Morgan fingerprint density at radius 3 is 2.29 bits per heavy atom. The highest BCUT2D eigenvalue weighted by atomic mass is 35.5. The number of carbonyl (C=O) groups excluding carboxylic acids is 1. The van der Waals surface area contributed by atoms with Crippen LogP contribution in [0, 0.1) is 0 Å². The number of nitrogens with one attached hydrogen (secondary N) is 1. The Kier molecular flexibility index (Phi) is 7.43. The highest BCUT2D eigenvalue weighted by Crippen LogP contribution is 2.32. The van der Waals surface area contributed by atoms with Crippen LogP contribution in [0.2, 0.25) is 10.0 Å². The summed E-state index contributed by atoms with van der Waals surface area (Å²) in [7, 11) is -4.07. The van der Waals surface area contributed by atoms with E-state index in [-0.39, 0.29) is 15.6 Å². The molecule has 1 amide bonds. The molecule has 3 aromatic carbocycles. The number of rotatable bonds is 8. The van der Waals surface area contributed by atoms with E-state index in [0.717, 1.165) is 4.31 Å². The lowest BCUT2D eigenvalue weighted by Gasteiger charge is -2.25. The first-order valence-electron chi connectivity index (χ1n) is 9.37. The van der Waals surface area contributed by atoms with Crippen LogP contribution in [-0.2, 0) is 14.8 Å². The molecule has 162 valence electrons. The molecule has 1 N–H and O–H groups in total. The second-order valence-electron chi connectivity index (χ2n) is 6.43. The molecule has 6 nitrogen and oxygen atoms in total. The van der Waals surface area contributed by atoms with Crippen molar-refractivity contribution in [2.24, 2.45) is 0 Å². The largest absolute Gasteiger partial charge is 0.494 e. The van der Waals surface area contributed by atoms with Crippen molar-refractivity contribution in [1.29, 1.82) is 0 Å². The third-order valence-electron chi connectivity index (χ3n) is 4.25. The highest BCUT2D eigenvalue weighted by molar-refractivity contribution is 7.92. The standard InChI is InChI=1S/C22H20Cl2N2O4S/c1-2-30-18-11-9-17(10-12-18)25-22(27)15-26(21-13-8-16(23)14-20(21)24)31(28,29)19-6-4-3-5-7-19/h3-14H,2,15H2,1H3,(H,25,27). The van der Waals surface area contributed by atoms with Crippen LogP contribution in [-0.4, -0.2) is 27.5 Å². The Hall–Kier alpha value is -2.74. The van der Waals surface area contributed by atoms with Crippen LogP contribution >= 0.6 is 23.2 Å². The lowest BCUT2D eigenvalue weighted by Crippen LogP contribution is -2.38. The first-order chi connectivity index (χ1) is 14.8. The molecular formula is C22H20Cl2N2O4S. The zero-order valence-corrected chi connectivity index (χ0v) is 18.9. The third kappa shape index (κ3) is 5.70. The van der Waals surface area contributed by atoms with Gasteiger partial charge in [-0.3, -0.25) is 9.10 Å². The number of hydrogen-bond donors (Lipinski definition) is 1. The summed E-state index contributed by atoms with van der Waals surface area (Å²) in [5.41, 5.74) is 0.657. The van der Waals surface area contributed by atoms with E-state index in [1.54, 1.807) is 42.5 Å². The molecule has 0 heterocycles. The van der Waals surface area contributed by atoms with Gasteiger partial charge in [0.05, 0.1) is 22.2 Å². The summed E-state index contributed by atoms with van der Waals surface area (Å²) in [5.74, 6) is 0.136. The van der Waals surface area contributed by atoms with E-state index < -0.39 is 22.5 Å². The van der Waals surface area contributed by atoms with Crippen LogP contribution in [0.5, 0.6) is 5.75 Å². The SMILES string of the molecule is CCOc1ccc(NC(=O)CN(c2ccc(Cl)cc2Cl)S(=O)(=O)c2ccccc2)cc1. The smallest absolute Gasteiger partial charge is 0.264 e. The van der Waals surface area contributed by atoms with Crippen molar-refractivity contribution in [3.63, 3.8) is 0 Å². The maximum atomic E-state index is 13.3. The molecule has 0 saturated heterocycles. The molecule has 0 spiro atoms.